The zero-order valence-corrected chi connectivity index (χ0v) is 10.0. The van der Waals surface area contributed by atoms with E-state index in [-0.39, 0.29) is 0 Å². The highest BCUT2D eigenvalue weighted by atomic mass is 35.5. The number of nitrogens with two attached hydrogens (primary N) is 1. The number of halogens is 1. The number of anilines is 1. The van der Waals surface area contributed by atoms with Crippen molar-refractivity contribution in [3.63, 3.8) is 0 Å². The van der Waals surface area contributed by atoms with E-state index in [2.05, 4.69) is 10.1 Å². The average Bonchev–Trinajstić information content (AvgIpc) is 2.80. The third-order valence-corrected chi connectivity index (χ3v) is 2.65. The molecule has 1 aromatic carbocycles. The fourth-order valence-corrected chi connectivity index (χ4v) is 1.76. The summed E-state index contributed by atoms with van der Waals surface area (Å²) in [7, 11) is 0. The van der Waals surface area contributed by atoms with Crippen molar-refractivity contribution in [2.24, 2.45) is 0 Å². The molecule has 3 aromatic rings. The predicted molar refractivity (Wildman–Crippen MR) is 68.9 cm³/mol. The Hall–Kier alpha value is -2.27. The van der Waals surface area contributed by atoms with Crippen molar-refractivity contribution in [2.75, 3.05) is 5.73 Å². The van der Waals surface area contributed by atoms with Crippen LogP contribution in [0, 0.1) is 0 Å². The second-order valence-corrected chi connectivity index (χ2v) is 4.12. The number of fused-ring (bicyclic) bond motifs is 1. The van der Waals surface area contributed by atoms with Crippen molar-refractivity contribution >= 4 is 22.9 Å². The molecule has 0 radical (unpaired) electrons. The minimum absolute atomic E-state index is 0.456. The number of aromatic nitrogens is 3. The van der Waals surface area contributed by atoms with Crippen LogP contribution in [0.25, 0.3) is 5.65 Å². The van der Waals surface area contributed by atoms with E-state index in [0.717, 1.165) is 0 Å². The summed E-state index contributed by atoms with van der Waals surface area (Å²) in [6, 6.07) is 8.56. The molecular weight excluding hydrogens is 252 g/mol. The van der Waals surface area contributed by atoms with Gasteiger partial charge in [-0.05, 0) is 18.2 Å². The lowest BCUT2D eigenvalue weighted by Gasteiger charge is -2.07. The van der Waals surface area contributed by atoms with Gasteiger partial charge < -0.3 is 10.5 Å². The van der Waals surface area contributed by atoms with Gasteiger partial charge in [0, 0.05) is 23.4 Å². The van der Waals surface area contributed by atoms with Crippen LogP contribution in [-0.2, 0) is 0 Å². The third kappa shape index (κ3) is 1.96. The highest BCUT2D eigenvalue weighted by molar-refractivity contribution is 6.30. The van der Waals surface area contributed by atoms with Gasteiger partial charge >= 0.3 is 0 Å². The van der Waals surface area contributed by atoms with Gasteiger partial charge in [-0.3, -0.25) is 0 Å². The summed E-state index contributed by atoms with van der Waals surface area (Å²) in [6.07, 6.45) is 3.44. The van der Waals surface area contributed by atoms with Gasteiger partial charge in [0.15, 0.2) is 11.4 Å². The normalized spacial score (nSPS) is 10.7. The van der Waals surface area contributed by atoms with Crippen LogP contribution < -0.4 is 10.5 Å². The molecule has 0 amide bonds. The number of ether oxygens (including phenoxy) is 1. The molecule has 0 aliphatic rings. The molecule has 5 nitrogen and oxygen atoms in total. The molecule has 2 heterocycles. The van der Waals surface area contributed by atoms with Gasteiger partial charge in [-0.2, -0.15) is 10.1 Å². The molecule has 0 saturated carbocycles. The van der Waals surface area contributed by atoms with E-state index in [1.54, 1.807) is 47.2 Å². The number of rotatable bonds is 2. The Balaban J connectivity index is 1.95. The van der Waals surface area contributed by atoms with Crippen molar-refractivity contribution in [2.45, 2.75) is 0 Å². The monoisotopic (exact) mass is 260 g/mol. The number of hydrogen-bond acceptors (Lipinski definition) is 4. The summed E-state index contributed by atoms with van der Waals surface area (Å²) in [6.45, 7) is 0. The van der Waals surface area contributed by atoms with Crippen LogP contribution in [0.3, 0.4) is 0 Å². The summed E-state index contributed by atoms with van der Waals surface area (Å²) in [4.78, 5) is 4.28. The average molecular weight is 261 g/mol. The number of nitrogen functional groups attached to an aromatic ring is 1. The van der Waals surface area contributed by atoms with E-state index in [0.29, 0.717) is 28.0 Å². The van der Waals surface area contributed by atoms with Gasteiger partial charge in [0.25, 0.3) is 0 Å². The molecule has 2 aromatic heterocycles. The van der Waals surface area contributed by atoms with Gasteiger partial charge in [-0.15, -0.1) is 0 Å². The van der Waals surface area contributed by atoms with Gasteiger partial charge in [0.2, 0.25) is 5.88 Å². The Morgan fingerprint density at radius 1 is 1.22 bits per heavy atom. The minimum Gasteiger partial charge on any atom is -0.437 e. The van der Waals surface area contributed by atoms with E-state index < -0.39 is 0 Å². The lowest BCUT2D eigenvalue weighted by Crippen LogP contribution is -1.95. The van der Waals surface area contributed by atoms with E-state index in [1.165, 1.54) is 0 Å². The first kappa shape index (κ1) is 10.9. The van der Waals surface area contributed by atoms with Crippen LogP contribution in [-0.4, -0.2) is 14.6 Å². The maximum atomic E-state index is 5.82. The summed E-state index contributed by atoms with van der Waals surface area (Å²) in [5, 5.41) is 4.62. The zero-order chi connectivity index (χ0) is 12.5. The molecule has 3 rings (SSSR count). The molecule has 2 N–H and O–H groups in total. The zero-order valence-electron chi connectivity index (χ0n) is 9.25. The Morgan fingerprint density at radius 3 is 2.94 bits per heavy atom. The van der Waals surface area contributed by atoms with E-state index in [1.807, 2.05) is 0 Å². The molecule has 0 aliphatic carbocycles. The largest absolute Gasteiger partial charge is 0.437 e. The molecular formula is C12H9ClN4O. The first-order valence-electron chi connectivity index (χ1n) is 5.26. The van der Waals surface area contributed by atoms with Gasteiger partial charge in [0.1, 0.15) is 0 Å². The molecule has 18 heavy (non-hydrogen) atoms. The number of hydrogen-bond donors (Lipinski definition) is 1. The smallest absolute Gasteiger partial charge is 0.222 e. The van der Waals surface area contributed by atoms with Crippen LogP contribution in [0.5, 0.6) is 11.6 Å². The second-order valence-electron chi connectivity index (χ2n) is 3.68. The second kappa shape index (κ2) is 4.19. The molecule has 90 valence electrons. The van der Waals surface area contributed by atoms with Crippen LogP contribution in [0.1, 0.15) is 0 Å². The molecule has 0 unspecified atom stereocenters. The van der Waals surface area contributed by atoms with Crippen molar-refractivity contribution < 1.29 is 4.74 Å². The minimum atomic E-state index is 0.456. The summed E-state index contributed by atoms with van der Waals surface area (Å²) < 4.78 is 7.26. The fourth-order valence-electron chi connectivity index (χ4n) is 1.58. The van der Waals surface area contributed by atoms with Gasteiger partial charge in [-0.1, -0.05) is 11.6 Å². The first-order chi connectivity index (χ1) is 8.72. The van der Waals surface area contributed by atoms with Gasteiger partial charge in [-0.25, -0.2) is 4.52 Å². The van der Waals surface area contributed by atoms with Crippen LogP contribution in [0.15, 0.2) is 42.7 Å². The SMILES string of the molecule is Nc1cc(Cl)ccc1Oc1ccn2nccc2n1. The standard InChI is InChI=1S/C12H9ClN4O/c13-8-1-2-10(9(14)7-8)18-12-4-6-17-11(16-12)3-5-15-17/h1-7H,14H2. The lowest BCUT2D eigenvalue weighted by molar-refractivity contribution is 0.465. The van der Waals surface area contributed by atoms with Crippen LogP contribution >= 0.6 is 11.6 Å². The van der Waals surface area contributed by atoms with E-state index in [9.17, 15) is 0 Å². The maximum Gasteiger partial charge on any atom is 0.222 e. The van der Waals surface area contributed by atoms with Crippen LogP contribution in [0.2, 0.25) is 5.02 Å². The van der Waals surface area contributed by atoms with E-state index in [4.69, 9.17) is 22.1 Å². The molecule has 0 saturated heterocycles. The van der Waals surface area contributed by atoms with Crippen molar-refractivity contribution in [1.82, 2.24) is 14.6 Å². The Labute approximate surface area is 108 Å². The Morgan fingerprint density at radius 2 is 2.11 bits per heavy atom. The highest BCUT2D eigenvalue weighted by Gasteiger charge is 2.05. The quantitative estimate of drug-likeness (QED) is 0.720. The fraction of sp³-hybridized carbons (Fsp3) is 0. The highest BCUT2D eigenvalue weighted by Crippen LogP contribution is 2.28. The van der Waals surface area contributed by atoms with Gasteiger partial charge in [0.05, 0.1) is 11.9 Å². The molecule has 0 bridgehead atoms. The Kier molecular flexibility index (Phi) is 2.53. The summed E-state index contributed by atoms with van der Waals surface area (Å²) in [5.74, 6) is 0.979. The molecule has 0 aliphatic heterocycles. The van der Waals surface area contributed by atoms with Crippen molar-refractivity contribution in [3.8, 4) is 11.6 Å². The first-order valence-corrected chi connectivity index (χ1v) is 5.63. The molecule has 0 spiro atoms. The van der Waals surface area contributed by atoms with Crippen LogP contribution in [0.4, 0.5) is 5.69 Å². The molecule has 0 fully saturated rings. The van der Waals surface area contributed by atoms with Crippen molar-refractivity contribution in [3.05, 3.63) is 47.7 Å². The lowest BCUT2D eigenvalue weighted by atomic mass is 10.3. The molecule has 0 atom stereocenters. The third-order valence-electron chi connectivity index (χ3n) is 2.42. The molecule has 6 heteroatoms. The van der Waals surface area contributed by atoms with E-state index >= 15 is 0 Å². The topological polar surface area (TPSA) is 65.4 Å². The number of benzene rings is 1. The summed E-state index contributed by atoms with van der Waals surface area (Å²) in [5.41, 5.74) is 6.99. The number of nitrogens with zero attached hydrogens (tertiary/aromatic N) is 3. The summed E-state index contributed by atoms with van der Waals surface area (Å²) >= 11 is 5.82. The Bertz CT molecular complexity index is 710. The van der Waals surface area contributed by atoms with Crippen molar-refractivity contribution in [1.29, 1.82) is 0 Å². The predicted octanol–water partition coefficient (Wildman–Crippen LogP) is 2.76. The maximum absolute atomic E-state index is 5.82.